The number of amides is 1. The molecule has 156 valence electrons. The Morgan fingerprint density at radius 1 is 1.31 bits per heavy atom. The van der Waals surface area contributed by atoms with E-state index in [-0.39, 0.29) is 11.7 Å². The Kier molecular flexibility index (Phi) is 6.35. The van der Waals surface area contributed by atoms with Crippen molar-refractivity contribution in [1.82, 2.24) is 19.4 Å². The first-order valence-corrected chi connectivity index (χ1v) is 11.9. The first-order chi connectivity index (χ1) is 13.7. The molecule has 1 aromatic carbocycles. The predicted molar refractivity (Wildman–Crippen MR) is 113 cm³/mol. The Hall–Kier alpha value is -2.30. The van der Waals surface area contributed by atoms with Gasteiger partial charge in [-0.1, -0.05) is 6.92 Å². The molecule has 0 aliphatic heterocycles. The predicted octanol–water partition coefficient (Wildman–Crippen LogP) is 2.94. The lowest BCUT2D eigenvalue weighted by atomic mass is 10.3. The summed E-state index contributed by atoms with van der Waals surface area (Å²) in [7, 11) is -3.23. The highest BCUT2D eigenvalue weighted by molar-refractivity contribution is 7.88. The quantitative estimate of drug-likeness (QED) is 0.548. The van der Waals surface area contributed by atoms with Crippen LogP contribution in [-0.2, 0) is 10.0 Å². The number of nitrogens with zero attached hydrogens (tertiary/aromatic N) is 3. The fraction of sp³-hybridized carbons (Fsp3) is 0.368. The summed E-state index contributed by atoms with van der Waals surface area (Å²) in [6, 6.07) is 7.82. The molecule has 0 spiro atoms. The van der Waals surface area contributed by atoms with Gasteiger partial charge in [0.15, 0.2) is 0 Å². The molecular formula is C19H23FN4O3S2. The Bertz CT molecular complexity index is 1120. The standard InChI is InChI=1S/C19H23FN4O3S2/c1-4-23(29(3,26)27)11-5-10-21-18(25)17-12-16-13(2)22-24(19(16)28-17)15-8-6-14(20)7-9-15/h6-9,12H,4-5,10-11H2,1-3H3,(H,21,25). The number of carbonyl (C=O) groups is 1. The summed E-state index contributed by atoms with van der Waals surface area (Å²) in [5, 5.41) is 8.20. The van der Waals surface area contributed by atoms with Crippen molar-refractivity contribution in [3.05, 3.63) is 46.7 Å². The lowest BCUT2D eigenvalue weighted by Crippen LogP contribution is -2.33. The van der Waals surface area contributed by atoms with Gasteiger partial charge >= 0.3 is 0 Å². The van der Waals surface area contributed by atoms with Crippen LogP contribution >= 0.6 is 11.3 Å². The zero-order valence-corrected chi connectivity index (χ0v) is 18.1. The Morgan fingerprint density at radius 2 is 2.00 bits per heavy atom. The number of rotatable bonds is 8. The maximum absolute atomic E-state index is 13.2. The molecule has 0 aliphatic rings. The van der Waals surface area contributed by atoms with Crippen LogP contribution in [0.2, 0.25) is 0 Å². The third kappa shape index (κ3) is 4.82. The number of halogens is 1. The summed E-state index contributed by atoms with van der Waals surface area (Å²) < 4.78 is 39.5. The molecule has 0 atom stereocenters. The van der Waals surface area contributed by atoms with E-state index in [0.717, 1.165) is 21.6 Å². The largest absolute Gasteiger partial charge is 0.351 e. The van der Waals surface area contributed by atoms with Crippen molar-refractivity contribution in [2.24, 2.45) is 0 Å². The molecule has 2 aromatic heterocycles. The van der Waals surface area contributed by atoms with Crippen LogP contribution < -0.4 is 5.32 Å². The van der Waals surface area contributed by atoms with Gasteiger partial charge in [0.25, 0.3) is 5.91 Å². The first-order valence-electron chi connectivity index (χ1n) is 9.19. The van der Waals surface area contributed by atoms with Gasteiger partial charge in [-0.25, -0.2) is 21.8 Å². The number of nitrogens with one attached hydrogen (secondary N) is 1. The Balaban J connectivity index is 1.69. The Morgan fingerprint density at radius 3 is 2.62 bits per heavy atom. The van der Waals surface area contributed by atoms with E-state index in [2.05, 4.69) is 10.4 Å². The molecule has 0 saturated carbocycles. The summed E-state index contributed by atoms with van der Waals surface area (Å²) in [5.74, 6) is -0.531. The molecule has 0 bridgehead atoms. The van der Waals surface area contributed by atoms with E-state index in [1.807, 2.05) is 6.92 Å². The monoisotopic (exact) mass is 438 g/mol. The number of sulfonamides is 1. The normalized spacial score (nSPS) is 12.0. The molecular weight excluding hydrogens is 415 g/mol. The van der Waals surface area contributed by atoms with Crippen LogP contribution in [0.25, 0.3) is 15.9 Å². The van der Waals surface area contributed by atoms with Crippen LogP contribution in [0.5, 0.6) is 0 Å². The van der Waals surface area contributed by atoms with E-state index < -0.39 is 10.0 Å². The smallest absolute Gasteiger partial charge is 0.261 e. The second-order valence-corrected chi connectivity index (χ2v) is 9.68. The fourth-order valence-electron chi connectivity index (χ4n) is 3.02. The van der Waals surface area contributed by atoms with Crippen molar-refractivity contribution in [3.63, 3.8) is 0 Å². The summed E-state index contributed by atoms with van der Waals surface area (Å²) in [6.45, 7) is 4.79. The van der Waals surface area contributed by atoms with Crippen molar-refractivity contribution in [3.8, 4) is 5.69 Å². The molecule has 1 amide bonds. The van der Waals surface area contributed by atoms with Crippen molar-refractivity contribution >= 4 is 37.5 Å². The van der Waals surface area contributed by atoms with Gasteiger partial charge in [-0.3, -0.25) is 4.79 Å². The highest BCUT2D eigenvalue weighted by atomic mass is 32.2. The van der Waals surface area contributed by atoms with Gasteiger partial charge in [-0.2, -0.15) is 5.10 Å². The first kappa shape index (κ1) is 21.4. The number of hydrogen-bond acceptors (Lipinski definition) is 5. The van der Waals surface area contributed by atoms with E-state index in [0.29, 0.717) is 30.9 Å². The van der Waals surface area contributed by atoms with Crippen molar-refractivity contribution in [1.29, 1.82) is 0 Å². The maximum Gasteiger partial charge on any atom is 0.261 e. The van der Waals surface area contributed by atoms with Crippen LogP contribution in [0.3, 0.4) is 0 Å². The molecule has 7 nitrogen and oxygen atoms in total. The second-order valence-electron chi connectivity index (χ2n) is 6.67. The molecule has 0 unspecified atom stereocenters. The number of aromatic nitrogens is 2. The lowest BCUT2D eigenvalue weighted by molar-refractivity contribution is 0.0957. The number of thiophene rings is 1. The zero-order valence-electron chi connectivity index (χ0n) is 16.5. The summed E-state index contributed by atoms with van der Waals surface area (Å²) >= 11 is 1.31. The fourth-order valence-corrected chi connectivity index (χ4v) is 5.05. The van der Waals surface area contributed by atoms with Crippen molar-refractivity contribution in [2.75, 3.05) is 25.9 Å². The molecule has 3 aromatic rings. The molecule has 3 rings (SSSR count). The third-order valence-corrected chi connectivity index (χ3v) is 7.02. The van der Waals surface area contributed by atoms with Crippen LogP contribution in [-0.4, -0.2) is 54.3 Å². The van der Waals surface area contributed by atoms with Gasteiger partial charge < -0.3 is 5.32 Å². The number of fused-ring (bicyclic) bond motifs is 1. The highest BCUT2D eigenvalue weighted by Gasteiger charge is 2.18. The maximum atomic E-state index is 13.2. The van der Waals surface area contributed by atoms with E-state index in [4.69, 9.17) is 0 Å². The average Bonchev–Trinajstić information content (AvgIpc) is 3.22. The second kappa shape index (κ2) is 8.60. The van der Waals surface area contributed by atoms with Gasteiger partial charge in [0, 0.05) is 25.0 Å². The van der Waals surface area contributed by atoms with Crippen LogP contribution in [0, 0.1) is 12.7 Å². The van der Waals surface area contributed by atoms with E-state index >= 15 is 0 Å². The molecule has 0 radical (unpaired) electrons. The van der Waals surface area contributed by atoms with E-state index in [1.54, 1.807) is 29.8 Å². The Labute approximate surface area is 173 Å². The highest BCUT2D eigenvalue weighted by Crippen LogP contribution is 2.30. The number of carbonyl (C=O) groups excluding carboxylic acids is 1. The van der Waals surface area contributed by atoms with Gasteiger partial charge in [0.05, 0.1) is 22.5 Å². The lowest BCUT2D eigenvalue weighted by Gasteiger charge is -2.17. The third-order valence-electron chi connectivity index (χ3n) is 4.53. The van der Waals surface area contributed by atoms with E-state index in [1.165, 1.54) is 34.0 Å². The minimum Gasteiger partial charge on any atom is -0.351 e. The number of hydrogen-bond donors (Lipinski definition) is 1. The molecule has 0 saturated heterocycles. The molecule has 10 heteroatoms. The van der Waals surface area contributed by atoms with Gasteiger partial charge in [-0.15, -0.1) is 11.3 Å². The summed E-state index contributed by atoms with van der Waals surface area (Å²) in [5.41, 5.74) is 1.50. The van der Waals surface area contributed by atoms with Crippen LogP contribution in [0.1, 0.15) is 28.7 Å². The topological polar surface area (TPSA) is 84.3 Å². The summed E-state index contributed by atoms with van der Waals surface area (Å²) in [4.78, 5) is 13.9. The number of aryl methyl sites for hydroxylation is 1. The van der Waals surface area contributed by atoms with Gasteiger partial charge in [0.2, 0.25) is 10.0 Å². The van der Waals surface area contributed by atoms with Crippen LogP contribution in [0.4, 0.5) is 4.39 Å². The molecule has 1 N–H and O–H groups in total. The average molecular weight is 439 g/mol. The molecule has 0 aliphatic carbocycles. The van der Waals surface area contributed by atoms with Gasteiger partial charge in [0.1, 0.15) is 10.6 Å². The minimum absolute atomic E-state index is 0.210. The minimum atomic E-state index is -3.23. The molecule has 2 heterocycles. The van der Waals surface area contributed by atoms with Crippen molar-refractivity contribution < 1.29 is 17.6 Å². The van der Waals surface area contributed by atoms with Crippen LogP contribution in [0.15, 0.2) is 30.3 Å². The summed E-state index contributed by atoms with van der Waals surface area (Å²) in [6.07, 6.45) is 1.71. The molecule has 29 heavy (non-hydrogen) atoms. The van der Waals surface area contributed by atoms with Gasteiger partial charge in [-0.05, 0) is 43.7 Å². The zero-order chi connectivity index (χ0) is 21.2. The number of benzene rings is 1. The van der Waals surface area contributed by atoms with Crippen molar-refractivity contribution in [2.45, 2.75) is 20.3 Å². The SMILES string of the molecule is CCN(CCCNC(=O)c1cc2c(C)nn(-c3ccc(F)cc3)c2s1)S(C)(=O)=O. The van der Waals surface area contributed by atoms with E-state index in [9.17, 15) is 17.6 Å². The molecule has 0 fully saturated rings.